The van der Waals surface area contributed by atoms with Crippen LogP contribution in [0.15, 0.2) is 42.5 Å². The maximum absolute atomic E-state index is 12.5. The van der Waals surface area contributed by atoms with E-state index in [1.807, 2.05) is 12.1 Å². The molecule has 0 radical (unpaired) electrons. The van der Waals surface area contributed by atoms with Gasteiger partial charge in [-0.25, -0.2) is 0 Å². The van der Waals surface area contributed by atoms with E-state index in [2.05, 4.69) is 40.5 Å². The van der Waals surface area contributed by atoms with E-state index in [1.54, 1.807) is 0 Å². The lowest BCUT2D eigenvalue weighted by molar-refractivity contribution is -0.121. The third-order valence-corrected chi connectivity index (χ3v) is 5.67. The summed E-state index contributed by atoms with van der Waals surface area (Å²) in [5.41, 5.74) is 5.29. The molecule has 1 saturated heterocycles. The topological polar surface area (TPSA) is 41.3 Å². The summed E-state index contributed by atoms with van der Waals surface area (Å²) in [5, 5.41) is 3.11. The Kier molecular flexibility index (Phi) is 3.52. The lowest BCUT2D eigenvalue weighted by Gasteiger charge is -2.12. The van der Waals surface area contributed by atoms with Crippen molar-refractivity contribution < 1.29 is 9.53 Å². The average Bonchev–Trinajstić information content (AvgIpc) is 3.11. The molecule has 2 aromatic rings. The number of nitrogens with one attached hydrogen (secondary N) is 1. The molecule has 25 heavy (non-hydrogen) atoms. The lowest BCUT2D eigenvalue weighted by atomic mass is 10.1. The maximum Gasteiger partial charge on any atom is 0.238 e. The Labute approximate surface area is 147 Å². The van der Waals surface area contributed by atoms with Crippen LogP contribution in [0, 0.1) is 0 Å². The Hall–Kier alpha value is -2.33. The Morgan fingerprint density at radius 2 is 1.92 bits per heavy atom. The molecule has 1 fully saturated rings. The Bertz CT molecular complexity index is 807. The van der Waals surface area contributed by atoms with E-state index >= 15 is 0 Å². The van der Waals surface area contributed by atoms with Crippen molar-refractivity contribution in [3.63, 3.8) is 0 Å². The summed E-state index contributed by atoms with van der Waals surface area (Å²) in [6.45, 7) is 2.26. The molecule has 1 N–H and O–H groups in total. The fourth-order valence-electron chi connectivity index (χ4n) is 4.22. The van der Waals surface area contributed by atoms with E-state index in [1.165, 1.54) is 16.7 Å². The first-order valence-corrected chi connectivity index (χ1v) is 9.13. The molecular formula is C21H22N2O2. The van der Waals surface area contributed by atoms with Crippen LogP contribution in [0.2, 0.25) is 0 Å². The molecule has 3 aliphatic rings. The van der Waals surface area contributed by atoms with Gasteiger partial charge in [0.25, 0.3) is 0 Å². The number of carbonyl (C=O) groups excluding carboxylic acids is 1. The van der Waals surface area contributed by atoms with Gasteiger partial charge in [0.15, 0.2) is 0 Å². The minimum absolute atomic E-state index is 0.0528. The molecule has 0 bridgehead atoms. The van der Waals surface area contributed by atoms with Crippen molar-refractivity contribution in [3.05, 3.63) is 64.7 Å². The number of hydrogen-bond donors (Lipinski definition) is 1. The number of benzene rings is 2. The molecule has 1 aliphatic carbocycles. The number of rotatable bonds is 4. The predicted molar refractivity (Wildman–Crippen MR) is 95.6 cm³/mol. The van der Waals surface area contributed by atoms with Gasteiger partial charge >= 0.3 is 0 Å². The Balaban J connectivity index is 1.16. The van der Waals surface area contributed by atoms with Crippen LogP contribution in [0.3, 0.4) is 0 Å². The predicted octanol–water partition coefficient (Wildman–Crippen LogP) is 2.09. The zero-order valence-electron chi connectivity index (χ0n) is 14.2. The number of fused-ring (bicyclic) bond motifs is 2. The van der Waals surface area contributed by atoms with Gasteiger partial charge in [0.1, 0.15) is 11.8 Å². The van der Waals surface area contributed by atoms with Crippen LogP contribution in [0.1, 0.15) is 22.3 Å². The lowest BCUT2D eigenvalue weighted by Crippen LogP contribution is -2.32. The highest BCUT2D eigenvalue weighted by molar-refractivity contribution is 5.84. The highest BCUT2D eigenvalue weighted by Crippen LogP contribution is 2.32. The van der Waals surface area contributed by atoms with Crippen LogP contribution in [0.4, 0.5) is 0 Å². The first-order chi connectivity index (χ1) is 12.3. The van der Waals surface area contributed by atoms with E-state index in [0.717, 1.165) is 43.7 Å². The largest absolute Gasteiger partial charge is 0.493 e. The SMILES string of the molecule is O=C(NCc1ccc2c(c1)CCO2)C1CN1C1Cc2ccccc2C1. The zero-order chi connectivity index (χ0) is 16.8. The van der Waals surface area contributed by atoms with Gasteiger partial charge in [-0.3, -0.25) is 9.69 Å². The number of nitrogens with zero attached hydrogens (tertiary/aromatic N) is 1. The number of amides is 1. The second-order valence-corrected chi connectivity index (χ2v) is 7.30. The van der Waals surface area contributed by atoms with Crippen LogP contribution in [-0.2, 0) is 30.6 Å². The standard InChI is InChI=1S/C21H22N2O2/c24-21(22-12-14-5-6-20-17(9-14)7-8-25-20)19-13-23(19)18-10-15-3-1-2-4-16(15)11-18/h1-6,9,18-19H,7-8,10-13H2,(H,22,24). The number of ether oxygens (including phenoxy) is 1. The highest BCUT2D eigenvalue weighted by atomic mass is 16.5. The summed E-state index contributed by atoms with van der Waals surface area (Å²) in [5.74, 6) is 1.15. The van der Waals surface area contributed by atoms with Crippen LogP contribution in [0.5, 0.6) is 5.75 Å². The molecule has 4 heteroatoms. The van der Waals surface area contributed by atoms with Crippen molar-refractivity contribution in [3.8, 4) is 5.75 Å². The van der Waals surface area contributed by atoms with Crippen molar-refractivity contribution >= 4 is 5.91 Å². The van der Waals surface area contributed by atoms with Crippen LogP contribution in [0.25, 0.3) is 0 Å². The quantitative estimate of drug-likeness (QED) is 0.871. The summed E-state index contributed by atoms with van der Waals surface area (Å²) in [6.07, 6.45) is 3.12. The van der Waals surface area contributed by atoms with Crippen molar-refractivity contribution in [1.82, 2.24) is 10.2 Å². The van der Waals surface area contributed by atoms with Crippen LogP contribution >= 0.6 is 0 Å². The molecular weight excluding hydrogens is 312 g/mol. The molecule has 4 nitrogen and oxygen atoms in total. The molecule has 0 spiro atoms. The van der Waals surface area contributed by atoms with E-state index in [9.17, 15) is 4.79 Å². The summed E-state index contributed by atoms with van der Waals surface area (Å²) in [6, 6.07) is 15.4. The van der Waals surface area contributed by atoms with Crippen LogP contribution in [-0.4, -0.2) is 36.0 Å². The third kappa shape index (κ3) is 2.81. The van der Waals surface area contributed by atoms with Gasteiger partial charge in [-0.2, -0.15) is 0 Å². The summed E-state index contributed by atoms with van der Waals surface area (Å²) in [7, 11) is 0. The normalized spacial score (nSPS) is 23.7. The number of carbonyl (C=O) groups is 1. The van der Waals surface area contributed by atoms with Gasteiger partial charge in [-0.05, 0) is 41.2 Å². The molecule has 2 atom stereocenters. The molecule has 0 saturated carbocycles. The minimum atomic E-state index is 0.0528. The molecule has 2 heterocycles. The van der Waals surface area contributed by atoms with Crippen LogP contribution < -0.4 is 10.1 Å². The van der Waals surface area contributed by atoms with Gasteiger partial charge < -0.3 is 10.1 Å². The fraction of sp³-hybridized carbons (Fsp3) is 0.381. The van der Waals surface area contributed by atoms with Crippen molar-refractivity contribution in [2.24, 2.45) is 0 Å². The van der Waals surface area contributed by atoms with Gasteiger partial charge in [0.2, 0.25) is 5.91 Å². The Morgan fingerprint density at radius 1 is 1.12 bits per heavy atom. The molecule has 5 rings (SSSR count). The molecule has 0 aromatic heterocycles. The van der Waals surface area contributed by atoms with E-state index in [0.29, 0.717) is 12.6 Å². The average molecular weight is 334 g/mol. The van der Waals surface area contributed by atoms with E-state index in [4.69, 9.17) is 4.74 Å². The smallest absolute Gasteiger partial charge is 0.238 e. The Morgan fingerprint density at radius 3 is 2.72 bits per heavy atom. The minimum Gasteiger partial charge on any atom is -0.493 e. The maximum atomic E-state index is 12.5. The molecule has 128 valence electrons. The van der Waals surface area contributed by atoms with Crippen molar-refractivity contribution in [2.75, 3.05) is 13.2 Å². The second kappa shape index (κ2) is 5.88. The van der Waals surface area contributed by atoms with Gasteiger partial charge in [0, 0.05) is 25.6 Å². The van der Waals surface area contributed by atoms with Gasteiger partial charge in [0.05, 0.1) is 6.61 Å². The molecule has 2 unspecified atom stereocenters. The van der Waals surface area contributed by atoms with E-state index in [-0.39, 0.29) is 11.9 Å². The van der Waals surface area contributed by atoms with Gasteiger partial charge in [-0.1, -0.05) is 36.4 Å². The molecule has 1 amide bonds. The second-order valence-electron chi connectivity index (χ2n) is 7.30. The van der Waals surface area contributed by atoms with Gasteiger partial charge in [-0.15, -0.1) is 0 Å². The highest BCUT2D eigenvalue weighted by Gasteiger charge is 2.46. The monoisotopic (exact) mass is 334 g/mol. The fourth-order valence-corrected chi connectivity index (χ4v) is 4.22. The summed E-state index contributed by atoms with van der Waals surface area (Å²) < 4.78 is 5.53. The van der Waals surface area contributed by atoms with Crippen molar-refractivity contribution in [1.29, 1.82) is 0 Å². The number of hydrogen-bond acceptors (Lipinski definition) is 3. The zero-order valence-corrected chi connectivity index (χ0v) is 14.2. The summed E-state index contributed by atoms with van der Waals surface area (Å²) in [4.78, 5) is 14.8. The molecule has 2 aromatic carbocycles. The first-order valence-electron chi connectivity index (χ1n) is 9.13. The first kappa shape index (κ1) is 15.0. The van der Waals surface area contributed by atoms with Crippen molar-refractivity contribution in [2.45, 2.75) is 37.9 Å². The third-order valence-electron chi connectivity index (χ3n) is 5.67. The molecule has 2 aliphatic heterocycles. The summed E-state index contributed by atoms with van der Waals surface area (Å²) >= 11 is 0. The van der Waals surface area contributed by atoms with E-state index < -0.39 is 0 Å².